The highest BCUT2D eigenvalue weighted by Crippen LogP contribution is 2.23. The van der Waals surface area contributed by atoms with Crippen LogP contribution in [0.25, 0.3) is 0 Å². The van der Waals surface area contributed by atoms with Crippen molar-refractivity contribution in [1.82, 2.24) is 4.31 Å². The lowest BCUT2D eigenvalue weighted by atomic mass is 10.1. The van der Waals surface area contributed by atoms with E-state index in [2.05, 4.69) is 5.32 Å². The molecule has 8 heteroatoms. The van der Waals surface area contributed by atoms with Crippen LogP contribution in [0.2, 0.25) is 0 Å². The maximum absolute atomic E-state index is 12.1. The molecule has 1 atom stereocenters. The van der Waals surface area contributed by atoms with E-state index in [0.29, 0.717) is 5.69 Å². The normalized spacial score (nSPS) is 13.2. The van der Waals surface area contributed by atoms with Crippen molar-refractivity contribution in [1.29, 1.82) is 0 Å². The molecule has 0 aliphatic heterocycles. The van der Waals surface area contributed by atoms with E-state index >= 15 is 0 Å². The summed E-state index contributed by atoms with van der Waals surface area (Å²) in [5.74, 6) is -0.346. The number of nitrogens with zero attached hydrogens (tertiary/aromatic N) is 1. The molecule has 0 aliphatic rings. The Morgan fingerprint density at radius 1 is 1.43 bits per heavy atom. The molecule has 0 bridgehead atoms. The third-order valence-electron chi connectivity index (χ3n) is 2.82. The number of carboxylic acid groups (broad SMARTS) is 1. The molecule has 0 fully saturated rings. The Morgan fingerprint density at radius 2 is 2.05 bits per heavy atom. The van der Waals surface area contributed by atoms with Gasteiger partial charge in [-0.3, -0.25) is 0 Å². The number of hydrogen-bond acceptors (Lipinski definition) is 5. The standard InChI is InChI=1S/C13H20N2O4S2/c1-9(8-20-4)14-12-6-5-10(7-11(12)13(16)17)21(18,19)15(2)3/h5-7,9,14H,8H2,1-4H3,(H,16,17). The first-order chi connectivity index (χ1) is 9.70. The third kappa shape index (κ3) is 4.36. The van der Waals surface area contributed by atoms with Gasteiger partial charge >= 0.3 is 5.97 Å². The molecule has 6 nitrogen and oxygen atoms in total. The van der Waals surface area contributed by atoms with Crippen LogP contribution in [-0.2, 0) is 10.0 Å². The molecule has 0 spiro atoms. The topological polar surface area (TPSA) is 86.7 Å². The number of benzene rings is 1. The van der Waals surface area contributed by atoms with E-state index in [4.69, 9.17) is 0 Å². The van der Waals surface area contributed by atoms with Crippen molar-refractivity contribution in [3.05, 3.63) is 23.8 Å². The lowest BCUT2D eigenvalue weighted by molar-refractivity contribution is 0.0697. The lowest BCUT2D eigenvalue weighted by Crippen LogP contribution is -2.23. The van der Waals surface area contributed by atoms with Gasteiger partial charge in [0.1, 0.15) is 0 Å². The van der Waals surface area contributed by atoms with Gasteiger partial charge in [0.25, 0.3) is 0 Å². The molecule has 0 saturated carbocycles. The fraction of sp³-hybridized carbons (Fsp3) is 0.462. The number of anilines is 1. The van der Waals surface area contributed by atoms with Crippen LogP contribution in [0.5, 0.6) is 0 Å². The maximum atomic E-state index is 12.1. The number of rotatable bonds is 7. The van der Waals surface area contributed by atoms with Crippen molar-refractivity contribution in [2.75, 3.05) is 31.4 Å². The molecule has 0 heterocycles. The van der Waals surface area contributed by atoms with Crippen molar-refractivity contribution in [3.63, 3.8) is 0 Å². The molecular formula is C13H20N2O4S2. The van der Waals surface area contributed by atoms with Crippen LogP contribution in [0.4, 0.5) is 5.69 Å². The molecule has 2 N–H and O–H groups in total. The fourth-order valence-electron chi connectivity index (χ4n) is 1.75. The quantitative estimate of drug-likeness (QED) is 0.792. The summed E-state index contributed by atoms with van der Waals surface area (Å²) in [6.45, 7) is 1.94. The molecule has 118 valence electrons. The van der Waals surface area contributed by atoms with E-state index in [9.17, 15) is 18.3 Å². The Labute approximate surface area is 129 Å². The first-order valence-electron chi connectivity index (χ1n) is 6.25. The van der Waals surface area contributed by atoms with Crippen molar-refractivity contribution in [2.45, 2.75) is 17.9 Å². The van der Waals surface area contributed by atoms with E-state index in [1.807, 2.05) is 13.2 Å². The highest BCUT2D eigenvalue weighted by atomic mass is 32.2. The van der Waals surface area contributed by atoms with Crippen LogP contribution in [0, 0.1) is 0 Å². The molecule has 0 amide bonds. The summed E-state index contributed by atoms with van der Waals surface area (Å²) < 4.78 is 25.2. The van der Waals surface area contributed by atoms with Gasteiger partial charge in [-0.1, -0.05) is 0 Å². The first-order valence-corrected chi connectivity index (χ1v) is 9.09. The Bertz CT molecular complexity index is 615. The van der Waals surface area contributed by atoms with Crippen LogP contribution < -0.4 is 5.32 Å². The van der Waals surface area contributed by atoms with E-state index in [0.717, 1.165) is 10.1 Å². The molecule has 21 heavy (non-hydrogen) atoms. The average molecular weight is 332 g/mol. The van der Waals surface area contributed by atoms with E-state index in [-0.39, 0.29) is 16.5 Å². The summed E-state index contributed by atoms with van der Waals surface area (Å²) >= 11 is 1.64. The van der Waals surface area contributed by atoms with E-state index < -0.39 is 16.0 Å². The first kappa shape index (κ1) is 17.8. The Kier molecular flexibility index (Phi) is 6.06. The average Bonchev–Trinajstić information content (AvgIpc) is 2.38. The minimum Gasteiger partial charge on any atom is -0.478 e. The second-order valence-corrected chi connectivity index (χ2v) is 7.86. The predicted octanol–water partition coefficient (Wildman–Crippen LogP) is 1.80. The molecule has 1 aromatic carbocycles. The molecule has 0 radical (unpaired) electrons. The van der Waals surface area contributed by atoms with Crippen molar-refractivity contribution in [3.8, 4) is 0 Å². The van der Waals surface area contributed by atoms with Gasteiger partial charge in [0.05, 0.1) is 10.5 Å². The minimum atomic E-state index is -3.65. The van der Waals surface area contributed by atoms with Gasteiger partial charge < -0.3 is 10.4 Å². The van der Waals surface area contributed by atoms with Gasteiger partial charge in [-0.25, -0.2) is 17.5 Å². The highest BCUT2D eigenvalue weighted by Gasteiger charge is 2.21. The van der Waals surface area contributed by atoms with Crippen LogP contribution in [0.1, 0.15) is 17.3 Å². The van der Waals surface area contributed by atoms with Gasteiger partial charge in [0, 0.05) is 31.6 Å². The molecule has 0 saturated heterocycles. The molecule has 1 aromatic rings. The van der Waals surface area contributed by atoms with Crippen LogP contribution in [-0.4, -0.2) is 55.9 Å². The SMILES string of the molecule is CSCC(C)Nc1ccc(S(=O)(=O)N(C)C)cc1C(=O)O. The van der Waals surface area contributed by atoms with Crippen LogP contribution in [0.3, 0.4) is 0 Å². The number of thioether (sulfide) groups is 1. The Hall–Kier alpha value is -1.25. The summed E-state index contributed by atoms with van der Waals surface area (Å²) in [4.78, 5) is 11.3. The van der Waals surface area contributed by atoms with Crippen molar-refractivity contribution < 1.29 is 18.3 Å². The lowest BCUT2D eigenvalue weighted by Gasteiger charge is -2.17. The zero-order chi connectivity index (χ0) is 16.2. The summed E-state index contributed by atoms with van der Waals surface area (Å²) in [5, 5.41) is 12.4. The highest BCUT2D eigenvalue weighted by molar-refractivity contribution is 7.98. The number of nitrogens with one attached hydrogen (secondary N) is 1. The Balaban J connectivity index is 3.23. The maximum Gasteiger partial charge on any atom is 0.337 e. The van der Waals surface area contributed by atoms with E-state index in [1.54, 1.807) is 11.8 Å². The summed E-state index contributed by atoms with van der Waals surface area (Å²) in [6, 6.07) is 4.17. The van der Waals surface area contributed by atoms with Gasteiger partial charge in [-0.2, -0.15) is 11.8 Å². The zero-order valence-electron chi connectivity index (χ0n) is 12.5. The second-order valence-electron chi connectivity index (χ2n) is 4.80. The second kappa shape index (κ2) is 7.15. The number of carbonyl (C=O) groups is 1. The monoisotopic (exact) mass is 332 g/mol. The smallest absolute Gasteiger partial charge is 0.337 e. The molecule has 0 aromatic heterocycles. The number of sulfonamides is 1. The van der Waals surface area contributed by atoms with Crippen LogP contribution >= 0.6 is 11.8 Å². The predicted molar refractivity (Wildman–Crippen MR) is 85.7 cm³/mol. The van der Waals surface area contributed by atoms with Gasteiger partial charge in [-0.05, 0) is 31.4 Å². The largest absolute Gasteiger partial charge is 0.478 e. The molecule has 1 unspecified atom stereocenters. The summed E-state index contributed by atoms with van der Waals surface area (Å²) in [5.41, 5.74) is 0.368. The van der Waals surface area contributed by atoms with Gasteiger partial charge in [-0.15, -0.1) is 0 Å². The number of hydrogen-bond donors (Lipinski definition) is 2. The molecule has 0 aliphatic carbocycles. The molecular weight excluding hydrogens is 312 g/mol. The zero-order valence-corrected chi connectivity index (χ0v) is 14.1. The van der Waals surface area contributed by atoms with E-state index in [1.165, 1.54) is 32.3 Å². The Morgan fingerprint density at radius 3 is 2.52 bits per heavy atom. The summed E-state index contributed by atoms with van der Waals surface area (Å²) in [6.07, 6.45) is 1.96. The summed E-state index contributed by atoms with van der Waals surface area (Å²) in [7, 11) is -0.840. The van der Waals surface area contributed by atoms with Crippen molar-refractivity contribution >= 4 is 33.4 Å². The fourth-order valence-corrected chi connectivity index (χ4v) is 3.27. The van der Waals surface area contributed by atoms with Crippen LogP contribution in [0.15, 0.2) is 23.1 Å². The third-order valence-corrected chi connectivity index (χ3v) is 5.46. The van der Waals surface area contributed by atoms with Gasteiger partial charge in [0.15, 0.2) is 0 Å². The number of carboxylic acids is 1. The van der Waals surface area contributed by atoms with Gasteiger partial charge in [0.2, 0.25) is 10.0 Å². The van der Waals surface area contributed by atoms with Crippen molar-refractivity contribution in [2.24, 2.45) is 0 Å². The number of aromatic carboxylic acids is 1. The molecule has 1 rings (SSSR count). The minimum absolute atomic E-state index is 0.0343.